The van der Waals surface area contributed by atoms with Gasteiger partial charge >= 0.3 is 0 Å². The number of nitrogens with zero attached hydrogens (tertiary/aromatic N) is 3. The van der Waals surface area contributed by atoms with Crippen LogP contribution in [0.3, 0.4) is 0 Å². The predicted octanol–water partition coefficient (Wildman–Crippen LogP) is 3.15. The van der Waals surface area contributed by atoms with Crippen molar-refractivity contribution in [3.63, 3.8) is 0 Å². The lowest BCUT2D eigenvalue weighted by Crippen LogP contribution is -2.35. The second kappa shape index (κ2) is 5.83. The highest BCUT2D eigenvalue weighted by Crippen LogP contribution is 2.41. The number of hydrogen-bond acceptors (Lipinski definition) is 3. The van der Waals surface area contributed by atoms with Crippen molar-refractivity contribution in [2.45, 2.75) is 13.1 Å². The average molecular weight is 351 g/mol. The first kappa shape index (κ1) is 15.0. The topological polar surface area (TPSA) is 57.1 Å². The van der Waals surface area contributed by atoms with Gasteiger partial charge in [0.05, 0.1) is 28.4 Å². The van der Waals surface area contributed by atoms with Crippen molar-refractivity contribution >= 4 is 34.1 Å². The smallest absolute Gasteiger partial charge is 0.0835 e. The monoisotopic (exact) mass is 350 g/mol. The second-order valence-corrected chi connectivity index (χ2v) is 6.50. The molecule has 4 rings (SSSR count). The Bertz CT molecular complexity index is 857. The number of aromatic nitrogens is 3. The molecule has 0 amide bonds. The summed E-state index contributed by atoms with van der Waals surface area (Å²) in [5, 5.41) is 18.4. The molecule has 0 bridgehead atoms. The summed E-state index contributed by atoms with van der Waals surface area (Å²) in [6, 6.07) is 3.86. The highest BCUT2D eigenvalue weighted by molar-refractivity contribution is 6.45. The number of fused-ring (bicyclic) bond motifs is 3. The molecule has 0 saturated heterocycles. The number of β-amino-alcohol motifs (C(OH)–C–C–N with tert-alkyl or cyclic N) is 1. The van der Waals surface area contributed by atoms with Gasteiger partial charge in [0.25, 0.3) is 0 Å². The van der Waals surface area contributed by atoms with E-state index in [2.05, 4.69) is 19.7 Å². The molecule has 3 aromatic rings. The summed E-state index contributed by atoms with van der Waals surface area (Å²) in [7, 11) is 0. The molecule has 2 aromatic heterocycles. The molecule has 7 heteroatoms. The molecule has 2 N–H and O–H groups in total. The van der Waals surface area contributed by atoms with Crippen molar-refractivity contribution in [3.05, 3.63) is 40.3 Å². The summed E-state index contributed by atoms with van der Waals surface area (Å²) in [5.74, 6) is 0. The summed E-state index contributed by atoms with van der Waals surface area (Å²) in [4.78, 5) is 2.24. The molecule has 0 saturated carbocycles. The van der Waals surface area contributed by atoms with Crippen molar-refractivity contribution < 1.29 is 5.11 Å². The van der Waals surface area contributed by atoms with E-state index in [0.717, 1.165) is 41.7 Å². The average Bonchev–Trinajstić information content (AvgIpc) is 3.16. The molecule has 1 aromatic carbocycles. The van der Waals surface area contributed by atoms with Crippen molar-refractivity contribution in [3.8, 4) is 11.1 Å². The largest absolute Gasteiger partial charge is 0.395 e. The minimum absolute atomic E-state index is 0.161. The quantitative estimate of drug-likeness (QED) is 0.762. The lowest BCUT2D eigenvalue weighted by molar-refractivity contribution is 0.169. The van der Waals surface area contributed by atoms with Crippen LogP contribution in [0.2, 0.25) is 10.0 Å². The lowest BCUT2D eigenvalue weighted by atomic mass is 10.0. The Morgan fingerprint density at radius 1 is 1.26 bits per heavy atom. The first-order valence-electron chi connectivity index (χ1n) is 7.52. The van der Waals surface area contributed by atoms with Crippen LogP contribution in [0, 0.1) is 0 Å². The fourth-order valence-corrected chi connectivity index (χ4v) is 3.84. The van der Waals surface area contributed by atoms with Gasteiger partial charge in [0.15, 0.2) is 0 Å². The maximum Gasteiger partial charge on any atom is 0.0835 e. The summed E-state index contributed by atoms with van der Waals surface area (Å²) in [6.07, 6.45) is 3.71. The highest BCUT2D eigenvalue weighted by Gasteiger charge is 2.26. The van der Waals surface area contributed by atoms with Gasteiger partial charge in [-0.15, -0.1) is 0 Å². The van der Waals surface area contributed by atoms with E-state index in [-0.39, 0.29) is 6.61 Å². The molecular weight excluding hydrogens is 335 g/mol. The first-order chi connectivity index (χ1) is 11.2. The van der Waals surface area contributed by atoms with Crippen molar-refractivity contribution in [1.29, 1.82) is 0 Å². The van der Waals surface area contributed by atoms with E-state index >= 15 is 0 Å². The van der Waals surface area contributed by atoms with E-state index in [1.807, 2.05) is 24.5 Å². The van der Waals surface area contributed by atoms with Crippen LogP contribution in [0.15, 0.2) is 24.5 Å². The number of H-pyrrole nitrogens is 1. The summed E-state index contributed by atoms with van der Waals surface area (Å²) >= 11 is 12.7. The van der Waals surface area contributed by atoms with Crippen molar-refractivity contribution in [2.24, 2.45) is 0 Å². The third-order valence-corrected chi connectivity index (χ3v) is 5.23. The zero-order valence-electron chi connectivity index (χ0n) is 12.4. The molecule has 1 aliphatic heterocycles. The molecule has 120 valence electrons. The maximum absolute atomic E-state index is 9.24. The molecule has 0 unspecified atom stereocenters. The Hall–Kier alpha value is -1.53. The number of aromatic amines is 1. The number of rotatable bonds is 3. The number of benzene rings is 1. The van der Waals surface area contributed by atoms with Gasteiger partial charge < -0.3 is 9.67 Å². The van der Waals surface area contributed by atoms with Gasteiger partial charge in [-0.3, -0.25) is 10.00 Å². The summed E-state index contributed by atoms with van der Waals surface area (Å²) in [6.45, 7) is 3.30. The third-order valence-electron chi connectivity index (χ3n) is 4.44. The Labute approximate surface area is 143 Å². The van der Waals surface area contributed by atoms with Gasteiger partial charge in [-0.25, -0.2) is 0 Å². The molecule has 0 spiro atoms. The van der Waals surface area contributed by atoms with E-state index in [1.165, 1.54) is 5.69 Å². The highest BCUT2D eigenvalue weighted by atomic mass is 35.5. The van der Waals surface area contributed by atoms with Gasteiger partial charge in [0.1, 0.15) is 0 Å². The molecule has 3 heterocycles. The van der Waals surface area contributed by atoms with Crippen LogP contribution in [0.5, 0.6) is 0 Å². The molecular formula is C16H16Cl2N4O. The Morgan fingerprint density at radius 2 is 2.13 bits per heavy atom. The number of hydrogen-bond donors (Lipinski definition) is 2. The van der Waals surface area contributed by atoms with E-state index in [4.69, 9.17) is 23.2 Å². The van der Waals surface area contributed by atoms with Gasteiger partial charge in [0.2, 0.25) is 0 Å². The summed E-state index contributed by atoms with van der Waals surface area (Å²) in [5.41, 5.74) is 4.34. The molecule has 0 fully saturated rings. The fourth-order valence-electron chi connectivity index (χ4n) is 3.42. The van der Waals surface area contributed by atoms with E-state index in [1.54, 1.807) is 0 Å². The third kappa shape index (κ3) is 2.35. The van der Waals surface area contributed by atoms with Crippen molar-refractivity contribution in [1.82, 2.24) is 19.7 Å². The first-order valence-corrected chi connectivity index (χ1v) is 8.27. The SMILES string of the molecule is OCCN1CCn2c(c(-c3cn[nH]c3)c3ccc(Cl)c(Cl)c32)C1. The van der Waals surface area contributed by atoms with Gasteiger partial charge in [0, 0.05) is 54.6 Å². The molecule has 0 aliphatic carbocycles. The van der Waals surface area contributed by atoms with E-state index < -0.39 is 0 Å². The molecule has 23 heavy (non-hydrogen) atoms. The molecule has 1 aliphatic rings. The van der Waals surface area contributed by atoms with E-state index in [0.29, 0.717) is 16.6 Å². The summed E-state index contributed by atoms with van der Waals surface area (Å²) < 4.78 is 2.25. The van der Waals surface area contributed by atoms with Gasteiger partial charge in [-0.05, 0) is 6.07 Å². The van der Waals surface area contributed by atoms with Gasteiger partial charge in [-0.2, -0.15) is 5.10 Å². The van der Waals surface area contributed by atoms with Crippen LogP contribution in [-0.2, 0) is 13.1 Å². The van der Waals surface area contributed by atoms with Crippen LogP contribution < -0.4 is 0 Å². The maximum atomic E-state index is 9.24. The van der Waals surface area contributed by atoms with Crippen LogP contribution in [-0.4, -0.2) is 44.5 Å². The number of nitrogens with one attached hydrogen (secondary N) is 1. The minimum Gasteiger partial charge on any atom is -0.395 e. The van der Waals surface area contributed by atoms with Crippen LogP contribution in [0.4, 0.5) is 0 Å². The second-order valence-electron chi connectivity index (χ2n) is 5.72. The zero-order chi connectivity index (χ0) is 16.0. The van der Waals surface area contributed by atoms with Crippen LogP contribution in [0.1, 0.15) is 5.69 Å². The Kier molecular flexibility index (Phi) is 3.81. The lowest BCUT2D eigenvalue weighted by Gasteiger charge is -2.29. The minimum atomic E-state index is 0.161. The Balaban J connectivity index is 1.99. The van der Waals surface area contributed by atoms with Crippen molar-refractivity contribution in [2.75, 3.05) is 19.7 Å². The number of aliphatic hydroxyl groups excluding tert-OH is 1. The Morgan fingerprint density at radius 3 is 2.87 bits per heavy atom. The molecule has 0 radical (unpaired) electrons. The van der Waals surface area contributed by atoms with Crippen LogP contribution in [0.25, 0.3) is 22.0 Å². The molecule has 0 atom stereocenters. The van der Waals surface area contributed by atoms with Crippen LogP contribution >= 0.6 is 23.2 Å². The fraction of sp³-hybridized carbons (Fsp3) is 0.312. The normalized spacial score (nSPS) is 15.3. The van der Waals surface area contributed by atoms with E-state index in [9.17, 15) is 5.11 Å². The predicted molar refractivity (Wildman–Crippen MR) is 91.9 cm³/mol. The molecule has 5 nitrogen and oxygen atoms in total. The number of aliphatic hydroxyl groups is 1. The standard InChI is InChI=1S/C16H16Cl2N4O/c17-12-2-1-11-14(10-7-19-20-8-10)13-9-21(5-6-23)3-4-22(13)16(11)15(12)18/h1-2,7-8,23H,3-6,9H2,(H,19,20). The van der Waals surface area contributed by atoms with Gasteiger partial charge in [-0.1, -0.05) is 29.3 Å². The zero-order valence-corrected chi connectivity index (χ0v) is 13.9. The number of halogens is 2.